The van der Waals surface area contributed by atoms with E-state index < -0.39 is 17.8 Å². The smallest absolute Gasteiger partial charge is 0.306 e. The summed E-state index contributed by atoms with van der Waals surface area (Å²) in [4.78, 5) is 36.5. The van der Waals surface area contributed by atoms with E-state index in [0.717, 1.165) is 0 Å². The van der Waals surface area contributed by atoms with E-state index in [0.29, 0.717) is 16.7 Å². The monoisotopic (exact) mass is 380 g/mol. The number of amides is 2. The molecular formula is C21H20N2O5. The molecule has 0 aliphatic carbocycles. The third-order valence-corrected chi connectivity index (χ3v) is 3.96. The van der Waals surface area contributed by atoms with Crippen LogP contribution in [0.5, 0.6) is 0 Å². The normalized spacial score (nSPS) is 10.5. The van der Waals surface area contributed by atoms with Crippen molar-refractivity contribution in [3.05, 3.63) is 60.4 Å². The number of rotatable bonds is 7. The molecule has 28 heavy (non-hydrogen) atoms. The molecule has 2 N–H and O–H groups in total. The summed E-state index contributed by atoms with van der Waals surface area (Å²) in [6, 6.07) is 15.9. The predicted octanol–water partition coefficient (Wildman–Crippen LogP) is 3.97. The molecule has 7 nitrogen and oxygen atoms in total. The number of anilines is 2. The van der Waals surface area contributed by atoms with Crippen molar-refractivity contribution >= 4 is 40.1 Å². The van der Waals surface area contributed by atoms with E-state index in [9.17, 15) is 14.4 Å². The van der Waals surface area contributed by atoms with Crippen LogP contribution in [-0.2, 0) is 14.3 Å². The first-order chi connectivity index (χ1) is 13.6. The van der Waals surface area contributed by atoms with Crippen LogP contribution < -0.4 is 10.6 Å². The minimum Gasteiger partial charge on any atom is -0.466 e. The highest BCUT2D eigenvalue weighted by atomic mass is 16.5. The van der Waals surface area contributed by atoms with Crippen LogP contribution >= 0.6 is 0 Å². The maximum absolute atomic E-state index is 12.7. The second-order valence-corrected chi connectivity index (χ2v) is 5.98. The Kier molecular flexibility index (Phi) is 6.06. The molecule has 3 rings (SSSR count). The lowest BCUT2D eigenvalue weighted by Crippen LogP contribution is -2.18. The van der Waals surface area contributed by atoms with Crippen LogP contribution in [-0.4, -0.2) is 24.4 Å². The molecule has 2 aromatic carbocycles. The van der Waals surface area contributed by atoms with Gasteiger partial charge in [-0.2, -0.15) is 0 Å². The lowest BCUT2D eigenvalue weighted by atomic mass is 10.2. The first-order valence-electron chi connectivity index (χ1n) is 8.92. The van der Waals surface area contributed by atoms with Gasteiger partial charge in [-0.25, -0.2) is 0 Å². The van der Waals surface area contributed by atoms with Gasteiger partial charge < -0.3 is 19.8 Å². The molecule has 0 saturated carbocycles. The van der Waals surface area contributed by atoms with Crippen molar-refractivity contribution in [2.24, 2.45) is 0 Å². The quantitative estimate of drug-likeness (QED) is 0.605. The van der Waals surface area contributed by atoms with Gasteiger partial charge in [0.05, 0.1) is 13.0 Å². The second-order valence-electron chi connectivity index (χ2n) is 5.98. The Morgan fingerprint density at radius 2 is 1.64 bits per heavy atom. The number of fused-ring (bicyclic) bond motifs is 1. The zero-order valence-corrected chi connectivity index (χ0v) is 15.4. The minimum absolute atomic E-state index is 0.00506. The zero-order valence-electron chi connectivity index (χ0n) is 15.4. The van der Waals surface area contributed by atoms with Gasteiger partial charge in [-0.15, -0.1) is 0 Å². The summed E-state index contributed by atoms with van der Waals surface area (Å²) < 4.78 is 10.5. The Bertz CT molecular complexity index is 994. The molecular weight excluding hydrogens is 360 g/mol. The van der Waals surface area contributed by atoms with Gasteiger partial charge in [0.1, 0.15) is 11.3 Å². The highest BCUT2D eigenvalue weighted by Crippen LogP contribution is 2.31. The van der Waals surface area contributed by atoms with Gasteiger partial charge >= 0.3 is 5.97 Å². The lowest BCUT2D eigenvalue weighted by Gasteiger charge is -2.07. The SMILES string of the molecule is CCOC(=O)CCC(=O)Nc1c(C(=O)Nc2ccccc2)oc2ccccc12. The van der Waals surface area contributed by atoms with Crippen molar-refractivity contribution in [1.29, 1.82) is 0 Å². The van der Waals surface area contributed by atoms with Gasteiger partial charge in [0.2, 0.25) is 11.7 Å². The molecule has 0 atom stereocenters. The number of furan rings is 1. The fourth-order valence-electron chi connectivity index (χ4n) is 2.69. The number of benzene rings is 2. The van der Waals surface area contributed by atoms with E-state index in [1.165, 1.54) is 0 Å². The Balaban J connectivity index is 1.82. The summed E-state index contributed by atoms with van der Waals surface area (Å²) >= 11 is 0. The number of carbonyl (C=O) groups is 3. The van der Waals surface area contributed by atoms with Gasteiger partial charge in [0.25, 0.3) is 5.91 Å². The first-order valence-corrected chi connectivity index (χ1v) is 8.92. The van der Waals surface area contributed by atoms with E-state index in [1.54, 1.807) is 55.5 Å². The van der Waals surface area contributed by atoms with Crippen LogP contribution in [0.1, 0.15) is 30.3 Å². The second kappa shape index (κ2) is 8.85. The standard InChI is InChI=1S/C21H20N2O5/c1-2-27-18(25)13-12-17(24)23-19-15-10-6-7-11-16(15)28-20(19)21(26)22-14-8-4-3-5-9-14/h3-11H,2,12-13H2,1H3,(H,22,26)(H,23,24). The van der Waals surface area contributed by atoms with Crippen molar-refractivity contribution in [3.63, 3.8) is 0 Å². The topological polar surface area (TPSA) is 97.6 Å². The number of carbonyl (C=O) groups excluding carboxylic acids is 3. The number of nitrogens with one attached hydrogen (secondary N) is 2. The Labute approximate surface area is 161 Å². The van der Waals surface area contributed by atoms with Crippen molar-refractivity contribution < 1.29 is 23.5 Å². The molecule has 0 unspecified atom stereocenters. The molecule has 0 fully saturated rings. The Morgan fingerprint density at radius 1 is 0.929 bits per heavy atom. The van der Waals surface area contributed by atoms with Crippen molar-refractivity contribution in [1.82, 2.24) is 0 Å². The number of esters is 1. The van der Waals surface area contributed by atoms with Gasteiger partial charge in [0.15, 0.2) is 0 Å². The van der Waals surface area contributed by atoms with Crippen LogP contribution in [0.15, 0.2) is 59.0 Å². The van der Waals surface area contributed by atoms with Crippen LogP contribution in [0.3, 0.4) is 0 Å². The molecule has 0 bridgehead atoms. The van der Waals surface area contributed by atoms with Gasteiger partial charge in [-0.05, 0) is 31.2 Å². The first kappa shape index (κ1) is 19.2. The third-order valence-electron chi connectivity index (χ3n) is 3.96. The lowest BCUT2D eigenvalue weighted by molar-refractivity contribution is -0.144. The van der Waals surface area contributed by atoms with Crippen molar-refractivity contribution in [3.8, 4) is 0 Å². The van der Waals surface area contributed by atoms with Crippen LogP contribution in [0.25, 0.3) is 11.0 Å². The summed E-state index contributed by atoms with van der Waals surface area (Å²) in [5, 5.41) is 6.04. The molecule has 144 valence electrons. The van der Waals surface area contributed by atoms with E-state index in [4.69, 9.17) is 9.15 Å². The minimum atomic E-state index is -0.483. The Morgan fingerprint density at radius 3 is 2.39 bits per heavy atom. The fraction of sp³-hybridized carbons (Fsp3) is 0.190. The summed E-state index contributed by atoms with van der Waals surface area (Å²) in [5.41, 5.74) is 1.35. The summed E-state index contributed by atoms with van der Waals surface area (Å²) in [5.74, 6) is -1.34. The molecule has 0 spiro atoms. The fourth-order valence-corrected chi connectivity index (χ4v) is 2.69. The van der Waals surface area contributed by atoms with Crippen LogP contribution in [0, 0.1) is 0 Å². The van der Waals surface area contributed by atoms with Crippen LogP contribution in [0.4, 0.5) is 11.4 Å². The van der Waals surface area contributed by atoms with Crippen molar-refractivity contribution in [2.75, 3.05) is 17.2 Å². The zero-order chi connectivity index (χ0) is 19.9. The van der Waals surface area contributed by atoms with E-state index >= 15 is 0 Å². The number of hydrogen-bond acceptors (Lipinski definition) is 5. The molecule has 0 radical (unpaired) electrons. The van der Waals surface area contributed by atoms with Gasteiger partial charge in [-0.1, -0.05) is 30.3 Å². The highest BCUT2D eigenvalue weighted by Gasteiger charge is 2.22. The molecule has 0 aliphatic heterocycles. The van der Waals surface area contributed by atoms with Crippen molar-refractivity contribution in [2.45, 2.75) is 19.8 Å². The van der Waals surface area contributed by atoms with E-state index in [2.05, 4.69) is 10.6 Å². The average Bonchev–Trinajstić information content (AvgIpc) is 3.06. The number of ether oxygens (including phenoxy) is 1. The van der Waals surface area contributed by atoms with E-state index in [-0.39, 0.29) is 30.9 Å². The number of para-hydroxylation sites is 2. The Hall–Kier alpha value is -3.61. The van der Waals surface area contributed by atoms with E-state index in [1.807, 2.05) is 6.07 Å². The summed E-state index contributed by atoms with van der Waals surface area (Å²) in [6.07, 6.45) is -0.0981. The molecule has 1 aromatic heterocycles. The summed E-state index contributed by atoms with van der Waals surface area (Å²) in [6.45, 7) is 1.96. The largest absolute Gasteiger partial charge is 0.466 e. The summed E-state index contributed by atoms with van der Waals surface area (Å²) in [7, 11) is 0. The average molecular weight is 380 g/mol. The van der Waals surface area contributed by atoms with Gasteiger partial charge in [0, 0.05) is 17.5 Å². The molecule has 0 aliphatic rings. The third kappa shape index (κ3) is 4.56. The molecule has 1 heterocycles. The van der Waals surface area contributed by atoms with Gasteiger partial charge in [-0.3, -0.25) is 14.4 Å². The number of hydrogen-bond donors (Lipinski definition) is 2. The highest BCUT2D eigenvalue weighted by molar-refractivity contribution is 6.14. The predicted molar refractivity (Wildman–Crippen MR) is 105 cm³/mol. The molecule has 7 heteroatoms. The van der Waals surface area contributed by atoms with Crippen LogP contribution in [0.2, 0.25) is 0 Å². The maximum atomic E-state index is 12.7. The molecule has 2 amide bonds. The molecule has 3 aromatic rings. The maximum Gasteiger partial charge on any atom is 0.306 e. The molecule has 0 saturated heterocycles.